The Balaban J connectivity index is 2.29. The van der Waals surface area contributed by atoms with Gasteiger partial charge in [0.1, 0.15) is 0 Å². The van der Waals surface area contributed by atoms with Crippen LogP contribution in [0.2, 0.25) is 0 Å². The minimum absolute atomic E-state index is 0.0637. The molecule has 2 amide bonds. The van der Waals surface area contributed by atoms with Gasteiger partial charge in [-0.1, -0.05) is 6.92 Å². The second-order valence-electron chi connectivity index (χ2n) is 3.90. The van der Waals surface area contributed by atoms with E-state index in [4.69, 9.17) is 5.11 Å². The Labute approximate surface area is 114 Å². The Morgan fingerprint density at radius 2 is 2.00 bits per heavy atom. The topological polar surface area (TPSA) is 95.5 Å². The van der Waals surface area contributed by atoms with Gasteiger partial charge in [-0.25, -0.2) is 0 Å². The van der Waals surface area contributed by atoms with Crippen LogP contribution in [0, 0.1) is 0 Å². The van der Waals surface area contributed by atoms with Crippen molar-refractivity contribution in [3.63, 3.8) is 0 Å². The molecule has 7 heteroatoms. The number of hydrogen-bond acceptors (Lipinski definition) is 4. The number of nitrogens with one attached hydrogen (secondary N) is 2. The number of hydrogen-bond donors (Lipinski definition) is 3. The summed E-state index contributed by atoms with van der Waals surface area (Å²) >= 11 is 1.49. The molecular weight excluding hydrogens is 268 g/mol. The van der Waals surface area contributed by atoms with E-state index in [1.807, 2.05) is 6.92 Å². The van der Waals surface area contributed by atoms with E-state index in [2.05, 4.69) is 10.9 Å². The van der Waals surface area contributed by atoms with E-state index in [0.717, 1.165) is 11.3 Å². The average molecular weight is 284 g/mol. The van der Waals surface area contributed by atoms with Gasteiger partial charge in [0.25, 0.3) is 5.91 Å². The number of amides is 2. The standard InChI is InChI=1S/C12H16N2O4S/c1-2-9-6-8(7-19-9)12(18)14-13-10(15)4-3-5-11(16)17/h6-7H,2-5H2,1H3,(H,13,15)(H,14,18)(H,16,17). The number of rotatable bonds is 6. The second kappa shape index (κ2) is 7.52. The minimum Gasteiger partial charge on any atom is -0.481 e. The molecule has 1 aromatic heterocycles. The molecule has 0 unspecified atom stereocenters. The van der Waals surface area contributed by atoms with Crippen molar-refractivity contribution >= 4 is 29.1 Å². The van der Waals surface area contributed by atoms with Gasteiger partial charge in [0, 0.05) is 23.1 Å². The van der Waals surface area contributed by atoms with Crippen LogP contribution in [0.5, 0.6) is 0 Å². The molecule has 0 aliphatic heterocycles. The van der Waals surface area contributed by atoms with E-state index < -0.39 is 11.9 Å². The number of aryl methyl sites for hydroxylation is 1. The molecule has 0 radical (unpaired) electrons. The maximum atomic E-state index is 11.6. The van der Waals surface area contributed by atoms with E-state index in [1.165, 1.54) is 11.3 Å². The van der Waals surface area contributed by atoms with Crippen LogP contribution >= 0.6 is 11.3 Å². The Morgan fingerprint density at radius 1 is 1.26 bits per heavy atom. The molecule has 104 valence electrons. The molecule has 1 heterocycles. The van der Waals surface area contributed by atoms with Gasteiger partial charge in [-0.15, -0.1) is 11.3 Å². The summed E-state index contributed by atoms with van der Waals surface area (Å²) < 4.78 is 0. The lowest BCUT2D eigenvalue weighted by Crippen LogP contribution is -2.41. The highest BCUT2D eigenvalue weighted by atomic mass is 32.1. The maximum absolute atomic E-state index is 11.6. The van der Waals surface area contributed by atoms with E-state index in [1.54, 1.807) is 11.4 Å². The third-order valence-corrected chi connectivity index (χ3v) is 3.46. The van der Waals surface area contributed by atoms with E-state index in [9.17, 15) is 14.4 Å². The lowest BCUT2D eigenvalue weighted by molar-refractivity contribution is -0.137. The molecule has 3 N–H and O–H groups in total. The van der Waals surface area contributed by atoms with Gasteiger partial charge in [0.15, 0.2) is 0 Å². The highest BCUT2D eigenvalue weighted by molar-refractivity contribution is 7.10. The monoisotopic (exact) mass is 284 g/mol. The molecule has 19 heavy (non-hydrogen) atoms. The number of thiophene rings is 1. The van der Waals surface area contributed by atoms with Crippen molar-refractivity contribution in [2.24, 2.45) is 0 Å². The summed E-state index contributed by atoms with van der Waals surface area (Å²) in [7, 11) is 0. The zero-order valence-corrected chi connectivity index (χ0v) is 11.4. The molecule has 0 spiro atoms. The van der Waals surface area contributed by atoms with Crippen LogP contribution in [0.4, 0.5) is 0 Å². The number of aliphatic carboxylic acids is 1. The molecule has 0 atom stereocenters. The molecule has 0 bridgehead atoms. The highest BCUT2D eigenvalue weighted by Crippen LogP contribution is 2.14. The van der Waals surface area contributed by atoms with Crippen molar-refractivity contribution in [2.45, 2.75) is 32.6 Å². The fourth-order valence-corrected chi connectivity index (χ4v) is 2.16. The first-order chi connectivity index (χ1) is 9.02. The fraction of sp³-hybridized carbons (Fsp3) is 0.417. The summed E-state index contributed by atoms with van der Waals surface area (Å²) in [5.41, 5.74) is 5.06. The molecule has 0 saturated carbocycles. The van der Waals surface area contributed by atoms with Gasteiger partial charge in [-0.2, -0.15) is 0 Å². The first-order valence-corrected chi connectivity index (χ1v) is 6.79. The first kappa shape index (κ1) is 15.2. The number of carbonyl (C=O) groups excluding carboxylic acids is 2. The van der Waals surface area contributed by atoms with E-state index in [-0.39, 0.29) is 25.2 Å². The van der Waals surface area contributed by atoms with Crippen LogP contribution in [-0.2, 0) is 16.0 Å². The van der Waals surface area contributed by atoms with Crippen LogP contribution < -0.4 is 10.9 Å². The largest absolute Gasteiger partial charge is 0.481 e. The molecule has 1 rings (SSSR count). The summed E-state index contributed by atoms with van der Waals surface area (Å²) in [6, 6.07) is 1.77. The average Bonchev–Trinajstić information content (AvgIpc) is 2.84. The van der Waals surface area contributed by atoms with E-state index in [0.29, 0.717) is 5.56 Å². The summed E-state index contributed by atoms with van der Waals surface area (Å²) in [5.74, 6) is -1.72. The first-order valence-electron chi connectivity index (χ1n) is 5.91. The van der Waals surface area contributed by atoms with Crippen molar-refractivity contribution in [1.29, 1.82) is 0 Å². The van der Waals surface area contributed by atoms with Crippen molar-refractivity contribution in [1.82, 2.24) is 10.9 Å². The molecule has 1 aromatic rings. The SMILES string of the molecule is CCc1cc(C(=O)NNC(=O)CCCC(=O)O)cs1. The van der Waals surface area contributed by atoms with Crippen LogP contribution in [0.15, 0.2) is 11.4 Å². The summed E-state index contributed by atoms with van der Waals surface area (Å²) in [6.45, 7) is 2.00. The van der Waals surface area contributed by atoms with Gasteiger partial charge in [0.2, 0.25) is 5.91 Å². The number of carbonyl (C=O) groups is 3. The van der Waals surface area contributed by atoms with Gasteiger partial charge in [-0.3, -0.25) is 25.2 Å². The van der Waals surface area contributed by atoms with Gasteiger partial charge >= 0.3 is 5.97 Å². The van der Waals surface area contributed by atoms with Crippen LogP contribution in [0.25, 0.3) is 0 Å². The number of hydrazine groups is 1. The molecular formula is C12H16N2O4S. The summed E-state index contributed by atoms with van der Waals surface area (Å²) in [4.78, 5) is 34.3. The second-order valence-corrected chi connectivity index (χ2v) is 4.90. The Hall–Kier alpha value is -1.89. The predicted octanol–water partition coefficient (Wildman–Crippen LogP) is 1.33. The van der Waals surface area contributed by atoms with Crippen molar-refractivity contribution in [3.8, 4) is 0 Å². The Morgan fingerprint density at radius 3 is 2.58 bits per heavy atom. The normalized spacial score (nSPS) is 9.95. The molecule has 0 aliphatic rings. The maximum Gasteiger partial charge on any atom is 0.303 e. The van der Waals surface area contributed by atoms with Crippen molar-refractivity contribution < 1.29 is 19.5 Å². The van der Waals surface area contributed by atoms with Gasteiger partial charge in [-0.05, 0) is 18.9 Å². The van der Waals surface area contributed by atoms with Crippen molar-refractivity contribution in [2.75, 3.05) is 0 Å². The van der Waals surface area contributed by atoms with Crippen LogP contribution in [-0.4, -0.2) is 22.9 Å². The molecule has 6 nitrogen and oxygen atoms in total. The number of carboxylic acid groups (broad SMARTS) is 1. The zero-order chi connectivity index (χ0) is 14.3. The highest BCUT2D eigenvalue weighted by Gasteiger charge is 2.09. The van der Waals surface area contributed by atoms with Crippen LogP contribution in [0.3, 0.4) is 0 Å². The minimum atomic E-state index is -0.942. The lowest BCUT2D eigenvalue weighted by atomic mass is 10.2. The quantitative estimate of drug-likeness (QED) is 0.687. The Bertz CT molecular complexity index is 470. The molecule has 0 saturated heterocycles. The van der Waals surface area contributed by atoms with E-state index >= 15 is 0 Å². The lowest BCUT2D eigenvalue weighted by Gasteiger charge is -2.05. The van der Waals surface area contributed by atoms with Crippen LogP contribution in [0.1, 0.15) is 41.4 Å². The molecule has 0 aliphatic carbocycles. The summed E-state index contributed by atoms with van der Waals surface area (Å²) in [6.07, 6.45) is 1.11. The number of carboxylic acids is 1. The fourth-order valence-electron chi connectivity index (χ4n) is 1.35. The third kappa shape index (κ3) is 5.52. The smallest absolute Gasteiger partial charge is 0.303 e. The van der Waals surface area contributed by atoms with Crippen molar-refractivity contribution in [3.05, 3.63) is 21.9 Å². The van der Waals surface area contributed by atoms with Gasteiger partial charge < -0.3 is 5.11 Å². The predicted molar refractivity (Wildman–Crippen MR) is 70.8 cm³/mol. The Kier molecular flexibility index (Phi) is 6.01. The summed E-state index contributed by atoms with van der Waals surface area (Å²) in [5, 5.41) is 10.1. The zero-order valence-electron chi connectivity index (χ0n) is 10.6. The van der Waals surface area contributed by atoms with Gasteiger partial charge in [0.05, 0.1) is 5.56 Å². The molecule has 0 aromatic carbocycles. The third-order valence-electron chi connectivity index (χ3n) is 2.37. The molecule has 0 fully saturated rings.